The molecular formula is C14H19NO4. The summed E-state index contributed by atoms with van der Waals surface area (Å²) >= 11 is 0. The quantitative estimate of drug-likeness (QED) is 0.817. The summed E-state index contributed by atoms with van der Waals surface area (Å²) in [5.74, 6) is -0.481. The Bertz CT molecular complexity index is 471. The van der Waals surface area contributed by atoms with E-state index in [-0.39, 0.29) is 24.8 Å². The molecule has 2 N–H and O–H groups in total. The van der Waals surface area contributed by atoms with Gasteiger partial charge >= 0.3 is 5.97 Å². The number of carboxylic acid groups (broad SMARTS) is 1. The van der Waals surface area contributed by atoms with Crippen LogP contribution >= 0.6 is 0 Å². The van der Waals surface area contributed by atoms with Crippen molar-refractivity contribution in [1.29, 1.82) is 0 Å². The van der Waals surface area contributed by atoms with Gasteiger partial charge < -0.3 is 15.2 Å². The van der Waals surface area contributed by atoms with E-state index in [4.69, 9.17) is 9.84 Å². The van der Waals surface area contributed by atoms with E-state index in [1.165, 1.54) is 0 Å². The number of methoxy groups -OCH3 is 1. The number of ether oxygens (including phenoxy) is 1. The number of nitrogens with one attached hydrogen (secondary N) is 1. The third-order valence-electron chi connectivity index (χ3n) is 2.68. The van der Waals surface area contributed by atoms with Crippen LogP contribution in [0.5, 0.6) is 5.75 Å². The zero-order valence-electron chi connectivity index (χ0n) is 11.4. The molecule has 0 aliphatic carbocycles. The number of benzene rings is 1. The minimum absolute atomic E-state index is 0.0866. The van der Waals surface area contributed by atoms with E-state index in [0.29, 0.717) is 5.75 Å². The molecule has 5 nitrogen and oxygen atoms in total. The Morgan fingerprint density at radius 3 is 2.68 bits per heavy atom. The van der Waals surface area contributed by atoms with Crippen molar-refractivity contribution < 1.29 is 19.4 Å². The summed E-state index contributed by atoms with van der Waals surface area (Å²) in [6, 6.07) is 5.23. The van der Waals surface area contributed by atoms with Crippen LogP contribution in [0.25, 0.3) is 0 Å². The Morgan fingerprint density at radius 1 is 1.42 bits per heavy atom. The highest BCUT2D eigenvalue weighted by atomic mass is 16.5. The van der Waals surface area contributed by atoms with Gasteiger partial charge in [-0.15, -0.1) is 0 Å². The third-order valence-corrected chi connectivity index (χ3v) is 2.68. The zero-order valence-corrected chi connectivity index (χ0v) is 11.4. The van der Waals surface area contributed by atoms with Gasteiger partial charge in [0, 0.05) is 11.6 Å². The molecule has 0 radical (unpaired) electrons. The minimum Gasteiger partial charge on any atom is -0.496 e. The van der Waals surface area contributed by atoms with Gasteiger partial charge in [-0.3, -0.25) is 9.59 Å². The van der Waals surface area contributed by atoms with E-state index in [1.54, 1.807) is 14.0 Å². The van der Waals surface area contributed by atoms with Crippen molar-refractivity contribution in [1.82, 2.24) is 5.32 Å². The summed E-state index contributed by atoms with van der Waals surface area (Å²) in [4.78, 5) is 22.3. The first kappa shape index (κ1) is 15.0. The van der Waals surface area contributed by atoms with Gasteiger partial charge in [0.1, 0.15) is 5.75 Å². The Hall–Kier alpha value is -2.04. The normalized spacial score (nSPS) is 11.7. The molecule has 0 bridgehead atoms. The number of carboxylic acids is 1. The van der Waals surface area contributed by atoms with E-state index >= 15 is 0 Å². The monoisotopic (exact) mass is 265 g/mol. The maximum absolute atomic E-state index is 11.8. The van der Waals surface area contributed by atoms with Gasteiger partial charge in [-0.1, -0.05) is 17.7 Å². The van der Waals surface area contributed by atoms with E-state index in [1.807, 2.05) is 25.1 Å². The maximum Gasteiger partial charge on any atom is 0.305 e. The van der Waals surface area contributed by atoms with E-state index in [0.717, 1.165) is 11.1 Å². The lowest BCUT2D eigenvalue weighted by Crippen LogP contribution is -2.35. The summed E-state index contributed by atoms with van der Waals surface area (Å²) in [6.07, 6.45) is 0.0888. The van der Waals surface area contributed by atoms with Gasteiger partial charge in [-0.25, -0.2) is 0 Å². The number of aryl methyl sites for hydroxylation is 1. The molecule has 0 aromatic heterocycles. The largest absolute Gasteiger partial charge is 0.496 e. The van der Waals surface area contributed by atoms with E-state index in [9.17, 15) is 9.59 Å². The fourth-order valence-electron chi connectivity index (χ4n) is 1.86. The molecule has 0 aliphatic rings. The second-order valence-corrected chi connectivity index (χ2v) is 4.56. The van der Waals surface area contributed by atoms with E-state index < -0.39 is 5.97 Å². The van der Waals surface area contributed by atoms with Gasteiger partial charge in [0.2, 0.25) is 5.91 Å². The number of hydrogen-bond acceptors (Lipinski definition) is 3. The summed E-state index contributed by atoms with van der Waals surface area (Å²) in [6.45, 7) is 3.60. The number of rotatable bonds is 6. The summed E-state index contributed by atoms with van der Waals surface area (Å²) < 4.78 is 5.20. The van der Waals surface area contributed by atoms with Crippen LogP contribution in [-0.2, 0) is 16.0 Å². The van der Waals surface area contributed by atoms with Crippen LogP contribution in [0.3, 0.4) is 0 Å². The lowest BCUT2D eigenvalue weighted by atomic mass is 10.1. The lowest BCUT2D eigenvalue weighted by molar-refractivity contribution is -0.137. The van der Waals surface area contributed by atoms with Gasteiger partial charge in [-0.05, 0) is 19.9 Å². The first-order chi connectivity index (χ1) is 8.92. The molecule has 0 spiro atoms. The smallest absolute Gasteiger partial charge is 0.305 e. The molecule has 1 atom stereocenters. The van der Waals surface area contributed by atoms with Crippen LogP contribution < -0.4 is 10.1 Å². The highest BCUT2D eigenvalue weighted by Gasteiger charge is 2.13. The summed E-state index contributed by atoms with van der Waals surface area (Å²) in [5, 5.41) is 11.3. The average molecular weight is 265 g/mol. The van der Waals surface area contributed by atoms with Gasteiger partial charge in [0.15, 0.2) is 0 Å². The number of amides is 1. The van der Waals surface area contributed by atoms with Crippen LogP contribution in [0.1, 0.15) is 24.5 Å². The van der Waals surface area contributed by atoms with Gasteiger partial charge in [-0.2, -0.15) is 0 Å². The first-order valence-corrected chi connectivity index (χ1v) is 6.07. The predicted octanol–water partition coefficient (Wildman–Crippen LogP) is 1.53. The average Bonchev–Trinajstić information content (AvgIpc) is 2.27. The molecule has 0 aliphatic heterocycles. The molecule has 1 amide bonds. The molecule has 1 aromatic carbocycles. The Kier molecular flexibility index (Phi) is 5.36. The third kappa shape index (κ3) is 4.99. The summed E-state index contributed by atoms with van der Waals surface area (Å²) in [5.41, 5.74) is 1.84. The molecule has 1 aromatic rings. The molecule has 1 unspecified atom stereocenters. The SMILES string of the molecule is COc1ccc(C)cc1CC(=O)NC(C)CC(=O)O. The predicted molar refractivity (Wildman–Crippen MR) is 71.3 cm³/mol. The Labute approximate surface area is 112 Å². The highest BCUT2D eigenvalue weighted by Crippen LogP contribution is 2.20. The number of hydrogen-bond donors (Lipinski definition) is 2. The van der Waals surface area contributed by atoms with Crippen molar-refractivity contribution >= 4 is 11.9 Å². The highest BCUT2D eigenvalue weighted by molar-refractivity contribution is 5.80. The second kappa shape index (κ2) is 6.78. The van der Waals surface area contributed by atoms with Crippen molar-refractivity contribution in [3.63, 3.8) is 0 Å². The molecule has 0 fully saturated rings. The maximum atomic E-state index is 11.8. The molecule has 0 saturated carbocycles. The number of aliphatic carboxylic acids is 1. The molecule has 5 heteroatoms. The van der Waals surface area contributed by atoms with Gasteiger partial charge in [0.05, 0.1) is 20.0 Å². The van der Waals surface area contributed by atoms with Crippen LogP contribution in [0.2, 0.25) is 0 Å². The van der Waals surface area contributed by atoms with Crippen molar-refractivity contribution in [3.8, 4) is 5.75 Å². The molecule has 0 heterocycles. The molecule has 1 rings (SSSR count). The Balaban J connectivity index is 2.66. The van der Waals surface area contributed by atoms with Crippen molar-refractivity contribution in [2.24, 2.45) is 0 Å². The standard InChI is InChI=1S/C14H19NO4/c1-9-4-5-12(19-3)11(6-9)8-13(16)15-10(2)7-14(17)18/h4-6,10H,7-8H2,1-3H3,(H,15,16)(H,17,18). The zero-order chi connectivity index (χ0) is 14.4. The second-order valence-electron chi connectivity index (χ2n) is 4.56. The number of carbonyl (C=O) groups excluding carboxylic acids is 1. The topological polar surface area (TPSA) is 75.6 Å². The molecule has 19 heavy (non-hydrogen) atoms. The van der Waals surface area contributed by atoms with Crippen LogP contribution in [0.4, 0.5) is 0 Å². The minimum atomic E-state index is -0.930. The Morgan fingerprint density at radius 2 is 2.11 bits per heavy atom. The van der Waals surface area contributed by atoms with Crippen molar-refractivity contribution in [2.45, 2.75) is 32.7 Å². The molecular weight excluding hydrogens is 246 g/mol. The number of carbonyl (C=O) groups is 2. The van der Waals surface area contributed by atoms with Crippen LogP contribution in [-0.4, -0.2) is 30.1 Å². The lowest BCUT2D eigenvalue weighted by Gasteiger charge is -2.13. The molecule has 104 valence electrons. The molecule has 0 saturated heterocycles. The fraction of sp³-hybridized carbons (Fsp3) is 0.429. The fourth-order valence-corrected chi connectivity index (χ4v) is 1.86. The van der Waals surface area contributed by atoms with Crippen molar-refractivity contribution in [3.05, 3.63) is 29.3 Å². The van der Waals surface area contributed by atoms with Gasteiger partial charge in [0.25, 0.3) is 0 Å². The van der Waals surface area contributed by atoms with E-state index in [2.05, 4.69) is 5.32 Å². The van der Waals surface area contributed by atoms with Crippen LogP contribution in [0, 0.1) is 6.92 Å². The first-order valence-electron chi connectivity index (χ1n) is 6.07. The van der Waals surface area contributed by atoms with Crippen LogP contribution in [0.15, 0.2) is 18.2 Å². The van der Waals surface area contributed by atoms with Crippen molar-refractivity contribution in [2.75, 3.05) is 7.11 Å². The summed E-state index contributed by atoms with van der Waals surface area (Å²) in [7, 11) is 1.55.